The number of alkyl halides is 2. The van der Waals surface area contributed by atoms with Crippen LogP contribution in [-0.4, -0.2) is 68.1 Å². The van der Waals surface area contributed by atoms with Gasteiger partial charge in [0.15, 0.2) is 22.5 Å². The Morgan fingerprint density at radius 3 is 2.47 bits per heavy atom. The third-order valence-electron chi connectivity index (χ3n) is 6.36. The van der Waals surface area contributed by atoms with Crippen molar-refractivity contribution in [2.45, 2.75) is 50.5 Å². The Morgan fingerprint density at radius 2 is 1.88 bits per heavy atom. The van der Waals surface area contributed by atoms with Gasteiger partial charge in [-0.15, -0.1) is 0 Å². The Balaban J connectivity index is 1.58. The number of hydrogen-bond acceptors (Lipinski definition) is 7. The Bertz CT molecular complexity index is 1210. The second kappa shape index (κ2) is 7.79. The number of aliphatic hydroxyl groups is 1. The van der Waals surface area contributed by atoms with Gasteiger partial charge in [0.2, 0.25) is 0 Å². The first-order valence-corrected chi connectivity index (χ1v) is 11.0. The number of anilines is 1. The molecule has 2 aliphatic rings. The molecule has 2 atom stereocenters. The van der Waals surface area contributed by atoms with Crippen molar-refractivity contribution in [2.24, 2.45) is 0 Å². The summed E-state index contributed by atoms with van der Waals surface area (Å²) in [7, 11) is 0. The van der Waals surface area contributed by atoms with Crippen molar-refractivity contribution in [3.8, 4) is 17.0 Å². The third kappa shape index (κ3) is 3.69. The monoisotopic (exact) mass is 474 g/mol. The molecule has 2 aromatic heterocycles. The summed E-state index contributed by atoms with van der Waals surface area (Å²) >= 11 is 0. The van der Waals surface area contributed by atoms with Crippen molar-refractivity contribution in [3.63, 3.8) is 0 Å². The van der Waals surface area contributed by atoms with Gasteiger partial charge in [-0.05, 0) is 51.0 Å². The van der Waals surface area contributed by atoms with Crippen LogP contribution in [0.2, 0.25) is 0 Å². The Hall–Kier alpha value is -3.47. The fourth-order valence-corrected chi connectivity index (χ4v) is 4.55. The maximum absolute atomic E-state index is 14.5. The lowest BCUT2D eigenvalue weighted by molar-refractivity contribution is -0.275. The summed E-state index contributed by atoms with van der Waals surface area (Å²) < 4.78 is 40.1. The van der Waals surface area contributed by atoms with Crippen LogP contribution in [0.5, 0.6) is 5.75 Å². The molecule has 0 spiro atoms. The zero-order valence-corrected chi connectivity index (χ0v) is 18.6. The maximum atomic E-state index is 14.5. The molecule has 11 heteroatoms. The van der Waals surface area contributed by atoms with E-state index in [1.807, 2.05) is 4.90 Å². The number of oxazole rings is 1. The number of benzene rings is 1. The predicted octanol–water partition coefficient (Wildman–Crippen LogP) is 3.96. The van der Waals surface area contributed by atoms with Crippen LogP contribution in [0.4, 0.5) is 19.6 Å². The molecule has 2 saturated heterocycles. The highest BCUT2D eigenvalue weighted by atomic mass is 19.3. The van der Waals surface area contributed by atoms with Gasteiger partial charge in [-0.3, -0.25) is 9.88 Å². The van der Waals surface area contributed by atoms with E-state index in [-0.39, 0.29) is 34.9 Å². The SMILES string of the molecule is CC(C)(O)C(F)(F)Oc1ccc(-c2ccccn2)c2oc(N3CC4CCC(C3)N4C(=O)O)nc12. The van der Waals surface area contributed by atoms with Gasteiger partial charge in [0.25, 0.3) is 6.01 Å². The highest BCUT2D eigenvalue weighted by Crippen LogP contribution is 2.41. The molecule has 0 saturated carbocycles. The number of amides is 1. The molecule has 1 aromatic carbocycles. The number of hydrogen-bond donors (Lipinski definition) is 2. The summed E-state index contributed by atoms with van der Waals surface area (Å²) in [6.45, 7) is 2.67. The van der Waals surface area contributed by atoms with Gasteiger partial charge in [-0.25, -0.2) is 4.79 Å². The summed E-state index contributed by atoms with van der Waals surface area (Å²) in [6, 6.07) is 8.01. The Labute approximate surface area is 193 Å². The fraction of sp³-hybridized carbons (Fsp3) is 0.435. The molecular formula is C23H24F2N4O5. The minimum absolute atomic E-state index is 0.0649. The third-order valence-corrected chi connectivity index (χ3v) is 6.36. The van der Waals surface area contributed by atoms with Crippen LogP contribution in [0, 0.1) is 0 Å². The van der Waals surface area contributed by atoms with E-state index in [2.05, 4.69) is 9.97 Å². The first-order chi connectivity index (χ1) is 16.0. The molecule has 2 fully saturated rings. The zero-order chi connectivity index (χ0) is 24.3. The first kappa shape index (κ1) is 22.3. The summed E-state index contributed by atoms with van der Waals surface area (Å²) in [4.78, 5) is 23.7. The standard InChI is InChI=1S/C23H24F2N4O5/c1-22(2,32)23(24,25)34-17-9-8-15(16-5-3-4-10-26-16)19-18(17)27-20(33-19)28-11-13-6-7-14(12-28)29(13)21(30)31/h3-5,8-10,13-14,32H,6-7,11-12H2,1-2H3,(H,30,31). The number of fused-ring (bicyclic) bond motifs is 3. The Morgan fingerprint density at radius 1 is 1.18 bits per heavy atom. The quantitative estimate of drug-likeness (QED) is 0.572. The van der Waals surface area contributed by atoms with Gasteiger partial charge in [0.1, 0.15) is 0 Å². The number of rotatable bonds is 5. The van der Waals surface area contributed by atoms with Crippen molar-refractivity contribution in [1.82, 2.24) is 14.9 Å². The summed E-state index contributed by atoms with van der Waals surface area (Å²) in [6.07, 6.45) is -1.77. The smallest absolute Gasteiger partial charge is 0.426 e. The van der Waals surface area contributed by atoms with Crippen molar-refractivity contribution in [3.05, 3.63) is 36.5 Å². The van der Waals surface area contributed by atoms with Gasteiger partial charge in [0, 0.05) is 24.8 Å². The number of halogens is 2. The summed E-state index contributed by atoms with van der Waals surface area (Å²) in [5.74, 6) is -0.246. The number of carboxylic acid groups (broad SMARTS) is 1. The molecular weight excluding hydrogens is 450 g/mol. The van der Waals surface area contributed by atoms with E-state index in [1.54, 1.807) is 30.5 Å². The van der Waals surface area contributed by atoms with Gasteiger partial charge in [0.05, 0.1) is 17.8 Å². The number of ether oxygens (including phenoxy) is 1. The lowest BCUT2D eigenvalue weighted by Gasteiger charge is -2.38. The minimum Gasteiger partial charge on any atom is -0.465 e. The molecule has 34 heavy (non-hydrogen) atoms. The van der Waals surface area contributed by atoms with Crippen molar-refractivity contribution in [1.29, 1.82) is 0 Å². The second-order valence-corrected chi connectivity index (χ2v) is 9.16. The van der Waals surface area contributed by atoms with Crippen LogP contribution in [-0.2, 0) is 0 Å². The van der Waals surface area contributed by atoms with E-state index < -0.39 is 17.8 Å². The highest BCUT2D eigenvalue weighted by Gasteiger charge is 2.49. The van der Waals surface area contributed by atoms with Crippen LogP contribution in [0.1, 0.15) is 26.7 Å². The molecule has 1 amide bonds. The van der Waals surface area contributed by atoms with E-state index in [0.29, 0.717) is 24.3 Å². The van der Waals surface area contributed by atoms with Gasteiger partial charge in [-0.1, -0.05) is 6.07 Å². The van der Waals surface area contributed by atoms with E-state index in [1.165, 1.54) is 11.0 Å². The molecule has 2 aliphatic heterocycles. The number of piperazine rings is 1. The van der Waals surface area contributed by atoms with Crippen molar-refractivity contribution < 1.29 is 32.9 Å². The largest absolute Gasteiger partial charge is 0.465 e. The average molecular weight is 474 g/mol. The molecule has 9 nitrogen and oxygen atoms in total. The summed E-state index contributed by atoms with van der Waals surface area (Å²) in [5, 5.41) is 19.4. The Kier molecular flexibility index (Phi) is 5.12. The van der Waals surface area contributed by atoms with Gasteiger partial charge < -0.3 is 24.3 Å². The lowest BCUT2D eigenvalue weighted by atomic mass is 10.1. The van der Waals surface area contributed by atoms with Crippen LogP contribution in [0.15, 0.2) is 40.9 Å². The normalized spacial score (nSPS) is 20.7. The molecule has 5 rings (SSSR count). The predicted molar refractivity (Wildman–Crippen MR) is 118 cm³/mol. The average Bonchev–Trinajstić information content (AvgIpc) is 3.33. The fourth-order valence-electron chi connectivity index (χ4n) is 4.55. The molecule has 0 aliphatic carbocycles. The zero-order valence-electron chi connectivity index (χ0n) is 18.6. The van der Waals surface area contributed by atoms with Crippen LogP contribution in [0.25, 0.3) is 22.4 Å². The molecule has 4 heterocycles. The number of pyridine rings is 1. The molecule has 180 valence electrons. The molecule has 2 unspecified atom stereocenters. The van der Waals surface area contributed by atoms with E-state index in [9.17, 15) is 23.8 Å². The molecule has 2 bridgehead atoms. The van der Waals surface area contributed by atoms with Gasteiger partial charge in [-0.2, -0.15) is 13.8 Å². The second-order valence-electron chi connectivity index (χ2n) is 9.16. The van der Waals surface area contributed by atoms with Crippen molar-refractivity contribution in [2.75, 3.05) is 18.0 Å². The van der Waals surface area contributed by atoms with E-state index >= 15 is 0 Å². The number of aromatic nitrogens is 2. The van der Waals surface area contributed by atoms with E-state index in [4.69, 9.17) is 9.15 Å². The number of nitrogens with zero attached hydrogens (tertiary/aromatic N) is 4. The van der Waals surface area contributed by atoms with Crippen LogP contribution < -0.4 is 9.64 Å². The molecule has 3 aromatic rings. The van der Waals surface area contributed by atoms with Crippen molar-refractivity contribution >= 4 is 23.2 Å². The lowest BCUT2D eigenvalue weighted by Crippen LogP contribution is -2.55. The molecule has 0 radical (unpaired) electrons. The topological polar surface area (TPSA) is 112 Å². The number of carbonyl (C=O) groups is 1. The minimum atomic E-state index is -3.89. The van der Waals surface area contributed by atoms with Crippen LogP contribution in [0.3, 0.4) is 0 Å². The highest BCUT2D eigenvalue weighted by molar-refractivity contribution is 5.94. The maximum Gasteiger partial charge on any atom is 0.426 e. The van der Waals surface area contributed by atoms with Gasteiger partial charge >= 0.3 is 12.2 Å². The first-order valence-electron chi connectivity index (χ1n) is 11.0. The summed E-state index contributed by atoms with van der Waals surface area (Å²) in [5.41, 5.74) is -1.05. The molecule has 2 N–H and O–H groups in total. The van der Waals surface area contributed by atoms with E-state index in [0.717, 1.165) is 26.7 Å². The van der Waals surface area contributed by atoms with Crippen LogP contribution >= 0.6 is 0 Å².